The summed E-state index contributed by atoms with van der Waals surface area (Å²) >= 11 is 0. The van der Waals surface area contributed by atoms with Crippen LogP contribution in [0.2, 0.25) is 0 Å². The topological polar surface area (TPSA) is 74.6 Å². The Hall–Kier alpha value is -3.64. The molecule has 2 N–H and O–H groups in total. The van der Waals surface area contributed by atoms with E-state index >= 15 is 0 Å². The van der Waals surface area contributed by atoms with Gasteiger partial charge in [-0.1, -0.05) is 30.3 Å². The molecule has 0 unspecified atom stereocenters. The summed E-state index contributed by atoms with van der Waals surface area (Å²) < 4.78 is 6.11. The zero-order chi connectivity index (χ0) is 22.8. The highest BCUT2D eigenvalue weighted by atomic mass is 16.3. The maximum Gasteiger partial charge on any atom is 0.256 e. The van der Waals surface area contributed by atoms with Crippen molar-refractivity contribution in [1.29, 1.82) is 0 Å². The van der Waals surface area contributed by atoms with E-state index in [4.69, 9.17) is 4.42 Å². The molecular weight excluding hydrogens is 414 g/mol. The van der Waals surface area contributed by atoms with Crippen molar-refractivity contribution in [1.82, 2.24) is 10.2 Å². The molecule has 0 bridgehead atoms. The van der Waals surface area contributed by atoms with Crippen LogP contribution in [0.5, 0.6) is 0 Å². The number of benzene rings is 2. The second-order valence-electron chi connectivity index (χ2n) is 8.60. The van der Waals surface area contributed by atoms with Gasteiger partial charge in [0.15, 0.2) is 0 Å². The smallest absolute Gasteiger partial charge is 0.256 e. The number of fused-ring (bicyclic) bond motifs is 1. The maximum atomic E-state index is 12.6. The number of hydrogen-bond donors (Lipinski definition) is 2. The lowest BCUT2D eigenvalue weighted by Crippen LogP contribution is -2.33. The normalized spacial score (nSPS) is 16.8. The third-order valence-electron chi connectivity index (χ3n) is 6.26. The molecule has 3 heterocycles. The third-order valence-corrected chi connectivity index (χ3v) is 6.26. The van der Waals surface area contributed by atoms with Crippen LogP contribution in [-0.4, -0.2) is 42.9 Å². The summed E-state index contributed by atoms with van der Waals surface area (Å²) in [5.41, 5.74) is 4.61. The Kier molecular flexibility index (Phi) is 5.84. The lowest BCUT2D eigenvalue weighted by atomic mass is 10.1. The molecule has 2 aliphatic heterocycles. The van der Waals surface area contributed by atoms with Crippen molar-refractivity contribution in [2.45, 2.75) is 19.8 Å². The standard InChI is InChI=1S/C27H27N3O3/c1-18-15-25(33-24(18)17-22-21-9-2-3-10-23(21)29-27(22)32)19-7-6-8-20(16-19)26(31)28-11-14-30-12-4-5-13-30/h2-3,6-10,15-17H,4-5,11-14H2,1H3,(H,28,31)(H,29,32)/b22-17-. The molecule has 33 heavy (non-hydrogen) atoms. The summed E-state index contributed by atoms with van der Waals surface area (Å²) in [5.74, 6) is 1.08. The van der Waals surface area contributed by atoms with Gasteiger partial charge in [-0.2, -0.15) is 0 Å². The molecule has 0 spiro atoms. The number of amides is 2. The van der Waals surface area contributed by atoms with E-state index in [-0.39, 0.29) is 11.8 Å². The number of aryl methyl sites for hydroxylation is 1. The molecule has 0 saturated carbocycles. The van der Waals surface area contributed by atoms with Gasteiger partial charge in [0.05, 0.1) is 5.57 Å². The molecule has 0 atom stereocenters. The fraction of sp³-hybridized carbons (Fsp3) is 0.259. The lowest BCUT2D eigenvalue weighted by Gasteiger charge is -2.14. The molecule has 2 aliphatic rings. The molecule has 168 valence electrons. The number of carbonyl (C=O) groups is 2. The number of likely N-dealkylation sites (tertiary alicyclic amines) is 1. The summed E-state index contributed by atoms with van der Waals surface area (Å²) in [5, 5.41) is 5.90. The molecule has 1 fully saturated rings. The lowest BCUT2D eigenvalue weighted by molar-refractivity contribution is -0.110. The Morgan fingerprint density at radius 3 is 2.79 bits per heavy atom. The number of carbonyl (C=O) groups excluding carboxylic acids is 2. The second kappa shape index (κ2) is 9.08. The third kappa shape index (κ3) is 4.47. The summed E-state index contributed by atoms with van der Waals surface area (Å²) in [6, 6.07) is 17.0. The zero-order valence-corrected chi connectivity index (χ0v) is 18.7. The minimum Gasteiger partial charge on any atom is -0.456 e. The van der Waals surface area contributed by atoms with Crippen LogP contribution >= 0.6 is 0 Å². The van der Waals surface area contributed by atoms with E-state index in [1.807, 2.05) is 61.5 Å². The van der Waals surface area contributed by atoms with Gasteiger partial charge in [-0.15, -0.1) is 0 Å². The van der Waals surface area contributed by atoms with Gasteiger partial charge in [-0.05, 0) is 68.8 Å². The van der Waals surface area contributed by atoms with E-state index in [1.165, 1.54) is 12.8 Å². The first-order valence-corrected chi connectivity index (χ1v) is 11.4. The molecule has 0 radical (unpaired) electrons. The Bertz CT molecular complexity index is 1230. The summed E-state index contributed by atoms with van der Waals surface area (Å²) in [6.45, 7) is 5.72. The van der Waals surface area contributed by atoms with Crippen LogP contribution in [0.1, 0.15) is 40.1 Å². The van der Waals surface area contributed by atoms with Crippen molar-refractivity contribution in [3.63, 3.8) is 0 Å². The van der Waals surface area contributed by atoms with Gasteiger partial charge in [-0.3, -0.25) is 9.59 Å². The highest BCUT2D eigenvalue weighted by Crippen LogP contribution is 2.35. The SMILES string of the molecule is Cc1cc(-c2cccc(C(=O)NCCN3CCCC3)c2)oc1/C=C1\C(=O)Nc2ccccc21. The van der Waals surface area contributed by atoms with Crippen molar-refractivity contribution in [2.24, 2.45) is 0 Å². The average molecular weight is 442 g/mol. The Labute approximate surface area is 193 Å². The van der Waals surface area contributed by atoms with Crippen LogP contribution in [0.4, 0.5) is 5.69 Å². The highest BCUT2D eigenvalue weighted by molar-refractivity contribution is 6.34. The molecule has 3 aromatic rings. The first-order valence-electron chi connectivity index (χ1n) is 11.4. The predicted octanol–water partition coefficient (Wildman–Crippen LogP) is 4.57. The van der Waals surface area contributed by atoms with E-state index in [1.54, 1.807) is 6.08 Å². The quantitative estimate of drug-likeness (QED) is 0.550. The molecule has 5 rings (SSSR count). The maximum absolute atomic E-state index is 12.6. The van der Waals surface area contributed by atoms with Gasteiger partial charge in [0.2, 0.25) is 0 Å². The second-order valence-corrected chi connectivity index (χ2v) is 8.60. The summed E-state index contributed by atoms with van der Waals surface area (Å²) in [6.07, 6.45) is 4.28. The number of nitrogens with one attached hydrogen (secondary N) is 2. The zero-order valence-electron chi connectivity index (χ0n) is 18.7. The van der Waals surface area contributed by atoms with Crippen molar-refractivity contribution in [3.8, 4) is 11.3 Å². The Morgan fingerprint density at radius 1 is 1.12 bits per heavy atom. The molecule has 2 amide bonds. The van der Waals surface area contributed by atoms with Crippen LogP contribution in [0.15, 0.2) is 59.0 Å². The van der Waals surface area contributed by atoms with E-state index in [2.05, 4.69) is 15.5 Å². The Balaban J connectivity index is 1.33. The number of nitrogens with zero attached hydrogens (tertiary/aromatic N) is 1. The molecule has 0 aliphatic carbocycles. The first kappa shape index (κ1) is 21.2. The van der Waals surface area contributed by atoms with Crippen molar-refractivity contribution in [2.75, 3.05) is 31.5 Å². The minimum absolute atomic E-state index is 0.0825. The number of anilines is 1. The highest BCUT2D eigenvalue weighted by Gasteiger charge is 2.24. The van der Waals surface area contributed by atoms with E-state index < -0.39 is 0 Å². The van der Waals surface area contributed by atoms with Crippen LogP contribution in [-0.2, 0) is 4.79 Å². The van der Waals surface area contributed by atoms with E-state index in [9.17, 15) is 9.59 Å². The molecule has 6 nitrogen and oxygen atoms in total. The number of para-hydroxylation sites is 1. The van der Waals surface area contributed by atoms with E-state index in [0.717, 1.165) is 42.0 Å². The number of hydrogen-bond acceptors (Lipinski definition) is 4. The van der Waals surface area contributed by atoms with Crippen molar-refractivity contribution in [3.05, 3.63) is 77.0 Å². The van der Waals surface area contributed by atoms with Crippen molar-refractivity contribution >= 4 is 29.2 Å². The molecule has 6 heteroatoms. The number of rotatable bonds is 6. The molecule has 2 aromatic carbocycles. The van der Waals surface area contributed by atoms with Gasteiger partial charge in [0, 0.05) is 35.5 Å². The number of furan rings is 1. The summed E-state index contributed by atoms with van der Waals surface area (Å²) in [4.78, 5) is 27.5. The van der Waals surface area contributed by atoms with Gasteiger partial charge in [-0.25, -0.2) is 0 Å². The predicted molar refractivity (Wildman–Crippen MR) is 130 cm³/mol. The fourth-order valence-electron chi connectivity index (χ4n) is 4.44. The fourth-order valence-corrected chi connectivity index (χ4v) is 4.44. The van der Waals surface area contributed by atoms with Crippen LogP contribution in [0.3, 0.4) is 0 Å². The monoisotopic (exact) mass is 441 g/mol. The first-order chi connectivity index (χ1) is 16.1. The Morgan fingerprint density at radius 2 is 1.94 bits per heavy atom. The van der Waals surface area contributed by atoms with Gasteiger partial charge < -0.3 is 20.0 Å². The van der Waals surface area contributed by atoms with E-state index in [0.29, 0.717) is 29.2 Å². The van der Waals surface area contributed by atoms with Crippen molar-refractivity contribution < 1.29 is 14.0 Å². The average Bonchev–Trinajstić information content (AvgIpc) is 3.54. The molecule has 1 aromatic heterocycles. The van der Waals surface area contributed by atoms with Gasteiger partial charge in [0.1, 0.15) is 11.5 Å². The van der Waals surface area contributed by atoms with Crippen LogP contribution in [0.25, 0.3) is 23.0 Å². The molecular formula is C27H27N3O3. The largest absolute Gasteiger partial charge is 0.456 e. The molecule has 1 saturated heterocycles. The van der Waals surface area contributed by atoms with Crippen LogP contribution < -0.4 is 10.6 Å². The van der Waals surface area contributed by atoms with Gasteiger partial charge >= 0.3 is 0 Å². The summed E-state index contributed by atoms with van der Waals surface area (Å²) in [7, 11) is 0. The minimum atomic E-state index is -0.138. The van der Waals surface area contributed by atoms with Crippen LogP contribution in [0, 0.1) is 6.92 Å². The van der Waals surface area contributed by atoms with Gasteiger partial charge in [0.25, 0.3) is 11.8 Å².